The van der Waals surface area contributed by atoms with E-state index < -0.39 is 0 Å². The van der Waals surface area contributed by atoms with Crippen molar-refractivity contribution < 1.29 is 4.79 Å². The van der Waals surface area contributed by atoms with Crippen molar-refractivity contribution >= 4 is 28.6 Å². The lowest BCUT2D eigenvalue weighted by atomic mass is 10.2. The average molecular weight is 272 g/mol. The Labute approximate surface area is 116 Å². The van der Waals surface area contributed by atoms with Crippen LogP contribution in [-0.2, 0) is 11.3 Å². The number of para-hydroxylation sites is 2. The molecule has 4 heteroatoms. The number of nitrogens with one attached hydrogen (secondary N) is 1. The van der Waals surface area contributed by atoms with Crippen LogP contribution in [0.4, 0.5) is 11.4 Å². The first-order chi connectivity index (χ1) is 9.24. The summed E-state index contributed by atoms with van der Waals surface area (Å²) in [6.07, 6.45) is 0.541. The van der Waals surface area contributed by atoms with Gasteiger partial charge in [0.2, 0.25) is 5.91 Å². The van der Waals surface area contributed by atoms with E-state index in [1.54, 1.807) is 11.3 Å². The van der Waals surface area contributed by atoms with Gasteiger partial charge in [-0.1, -0.05) is 12.1 Å². The molecule has 19 heavy (non-hydrogen) atoms. The van der Waals surface area contributed by atoms with Crippen LogP contribution < -0.4 is 10.2 Å². The molecule has 0 unspecified atom stereocenters. The summed E-state index contributed by atoms with van der Waals surface area (Å²) in [5.41, 5.74) is 3.35. The van der Waals surface area contributed by atoms with Crippen molar-refractivity contribution in [3.63, 3.8) is 0 Å². The van der Waals surface area contributed by atoms with Gasteiger partial charge in [-0.25, -0.2) is 0 Å². The number of hydrogen-bond acceptors (Lipinski definition) is 3. The summed E-state index contributed by atoms with van der Waals surface area (Å²) < 4.78 is 0. The first kappa shape index (κ1) is 12.2. The number of benzene rings is 1. The van der Waals surface area contributed by atoms with Gasteiger partial charge >= 0.3 is 0 Å². The summed E-state index contributed by atoms with van der Waals surface area (Å²) in [5.74, 6) is 0.0952. The topological polar surface area (TPSA) is 32.3 Å². The van der Waals surface area contributed by atoms with Gasteiger partial charge in [-0.3, -0.25) is 4.79 Å². The van der Waals surface area contributed by atoms with E-state index in [0.717, 1.165) is 24.5 Å². The van der Waals surface area contributed by atoms with Crippen molar-refractivity contribution in [2.45, 2.75) is 19.9 Å². The van der Waals surface area contributed by atoms with Gasteiger partial charge in [0.15, 0.2) is 0 Å². The average Bonchev–Trinajstić information content (AvgIpc) is 2.73. The predicted octanol–water partition coefficient (Wildman–Crippen LogP) is 3.41. The van der Waals surface area contributed by atoms with Crippen molar-refractivity contribution in [2.24, 2.45) is 0 Å². The monoisotopic (exact) mass is 272 g/mol. The molecule has 1 aromatic heterocycles. The molecular weight excluding hydrogens is 256 g/mol. The maximum Gasteiger partial charge on any atom is 0.226 e. The zero-order valence-corrected chi connectivity index (χ0v) is 11.7. The molecule has 1 aliphatic rings. The number of thiophene rings is 1. The van der Waals surface area contributed by atoms with E-state index >= 15 is 0 Å². The van der Waals surface area contributed by atoms with E-state index in [-0.39, 0.29) is 5.91 Å². The molecule has 0 bridgehead atoms. The quantitative estimate of drug-likeness (QED) is 0.908. The third-order valence-electron chi connectivity index (χ3n) is 3.43. The highest BCUT2D eigenvalue weighted by Gasteiger charge is 2.19. The zero-order chi connectivity index (χ0) is 13.2. The number of amides is 1. The van der Waals surface area contributed by atoms with Gasteiger partial charge in [-0.05, 0) is 36.1 Å². The highest BCUT2D eigenvalue weighted by Crippen LogP contribution is 2.30. The summed E-state index contributed by atoms with van der Waals surface area (Å²) in [6.45, 7) is 3.77. The highest BCUT2D eigenvalue weighted by molar-refractivity contribution is 7.10. The molecule has 2 aromatic rings. The SMILES string of the molecule is Cc1ccsc1CN1CCC(=O)Nc2ccccc21. The maximum atomic E-state index is 11.7. The van der Waals surface area contributed by atoms with Crippen molar-refractivity contribution in [1.29, 1.82) is 0 Å². The lowest BCUT2D eigenvalue weighted by Gasteiger charge is -2.23. The summed E-state index contributed by atoms with van der Waals surface area (Å²) >= 11 is 1.78. The fourth-order valence-electron chi connectivity index (χ4n) is 2.33. The van der Waals surface area contributed by atoms with Gasteiger partial charge in [0.05, 0.1) is 17.9 Å². The molecule has 3 nitrogen and oxygen atoms in total. The van der Waals surface area contributed by atoms with Gasteiger partial charge in [0.1, 0.15) is 0 Å². The number of aryl methyl sites for hydroxylation is 1. The lowest BCUT2D eigenvalue weighted by Crippen LogP contribution is -2.23. The van der Waals surface area contributed by atoms with Crippen LogP contribution in [0.2, 0.25) is 0 Å². The Morgan fingerprint density at radius 1 is 1.32 bits per heavy atom. The Hall–Kier alpha value is -1.81. The second kappa shape index (κ2) is 5.05. The molecule has 1 N–H and O–H groups in total. The van der Waals surface area contributed by atoms with Crippen LogP contribution in [0.1, 0.15) is 16.9 Å². The van der Waals surface area contributed by atoms with E-state index in [2.05, 4.69) is 34.7 Å². The number of hydrogen-bond donors (Lipinski definition) is 1. The number of carbonyl (C=O) groups is 1. The molecule has 2 heterocycles. The highest BCUT2D eigenvalue weighted by atomic mass is 32.1. The number of rotatable bonds is 2. The Morgan fingerprint density at radius 2 is 2.16 bits per heavy atom. The van der Waals surface area contributed by atoms with E-state index in [1.165, 1.54) is 10.4 Å². The van der Waals surface area contributed by atoms with Crippen molar-refractivity contribution in [3.8, 4) is 0 Å². The molecule has 0 saturated carbocycles. The molecule has 0 spiro atoms. The zero-order valence-electron chi connectivity index (χ0n) is 10.8. The van der Waals surface area contributed by atoms with Gasteiger partial charge in [0.25, 0.3) is 0 Å². The van der Waals surface area contributed by atoms with Gasteiger partial charge in [-0.2, -0.15) is 0 Å². The van der Waals surface area contributed by atoms with E-state index in [9.17, 15) is 4.79 Å². The number of nitrogens with zero attached hydrogens (tertiary/aromatic N) is 1. The predicted molar refractivity (Wildman–Crippen MR) is 79.8 cm³/mol. The Morgan fingerprint density at radius 3 is 2.95 bits per heavy atom. The standard InChI is InChI=1S/C15H16N2OS/c1-11-7-9-19-14(11)10-17-8-6-15(18)16-12-4-2-3-5-13(12)17/h2-5,7,9H,6,8,10H2,1H3,(H,16,18). The summed E-state index contributed by atoms with van der Waals surface area (Å²) in [7, 11) is 0. The smallest absolute Gasteiger partial charge is 0.226 e. The molecule has 0 fully saturated rings. The second-order valence-electron chi connectivity index (χ2n) is 4.76. The third kappa shape index (κ3) is 2.49. The molecular formula is C15H16N2OS. The minimum Gasteiger partial charge on any atom is -0.364 e. The fourth-order valence-corrected chi connectivity index (χ4v) is 3.25. The van der Waals surface area contributed by atoms with Crippen LogP contribution in [0.5, 0.6) is 0 Å². The maximum absolute atomic E-state index is 11.7. The number of anilines is 2. The molecule has 1 aliphatic heterocycles. The van der Waals surface area contributed by atoms with Crippen LogP contribution in [0, 0.1) is 6.92 Å². The first-order valence-corrected chi connectivity index (χ1v) is 7.29. The Bertz CT molecular complexity index is 606. The minimum absolute atomic E-state index is 0.0952. The summed E-state index contributed by atoms with van der Waals surface area (Å²) in [5, 5.41) is 5.09. The molecule has 1 aromatic carbocycles. The fraction of sp³-hybridized carbons (Fsp3) is 0.267. The Kier molecular flexibility index (Phi) is 3.25. The minimum atomic E-state index is 0.0952. The van der Waals surface area contributed by atoms with Gasteiger partial charge in [0, 0.05) is 17.8 Å². The van der Waals surface area contributed by atoms with Crippen molar-refractivity contribution in [3.05, 3.63) is 46.2 Å². The van der Waals surface area contributed by atoms with E-state index in [0.29, 0.717) is 6.42 Å². The van der Waals surface area contributed by atoms with Gasteiger partial charge < -0.3 is 10.2 Å². The van der Waals surface area contributed by atoms with Crippen LogP contribution in [0.25, 0.3) is 0 Å². The molecule has 0 saturated heterocycles. The van der Waals surface area contributed by atoms with Crippen LogP contribution in [0.15, 0.2) is 35.7 Å². The molecule has 0 atom stereocenters. The second-order valence-corrected chi connectivity index (χ2v) is 5.76. The van der Waals surface area contributed by atoms with Gasteiger partial charge in [-0.15, -0.1) is 11.3 Å². The lowest BCUT2D eigenvalue weighted by molar-refractivity contribution is -0.115. The van der Waals surface area contributed by atoms with Crippen molar-refractivity contribution in [2.75, 3.05) is 16.8 Å². The van der Waals surface area contributed by atoms with E-state index in [1.807, 2.05) is 18.2 Å². The summed E-state index contributed by atoms with van der Waals surface area (Å²) in [4.78, 5) is 15.4. The van der Waals surface area contributed by atoms with Crippen molar-refractivity contribution in [1.82, 2.24) is 0 Å². The van der Waals surface area contributed by atoms with E-state index in [4.69, 9.17) is 0 Å². The largest absolute Gasteiger partial charge is 0.364 e. The summed E-state index contributed by atoms with van der Waals surface area (Å²) in [6, 6.07) is 10.2. The number of fused-ring (bicyclic) bond motifs is 1. The molecule has 0 aliphatic carbocycles. The first-order valence-electron chi connectivity index (χ1n) is 6.41. The molecule has 3 rings (SSSR count). The van der Waals surface area contributed by atoms with Crippen LogP contribution in [0.3, 0.4) is 0 Å². The normalized spacial score (nSPS) is 14.8. The van der Waals surface area contributed by atoms with Crippen LogP contribution in [-0.4, -0.2) is 12.5 Å². The third-order valence-corrected chi connectivity index (χ3v) is 4.44. The molecule has 98 valence electrons. The Balaban J connectivity index is 1.93. The number of carbonyl (C=O) groups excluding carboxylic acids is 1. The molecule has 0 radical (unpaired) electrons. The van der Waals surface area contributed by atoms with Crippen LogP contribution >= 0.6 is 11.3 Å². The molecule has 1 amide bonds.